The molecule has 1 heterocycles. The average molecular weight is 418 g/mol. The maximum absolute atomic E-state index is 12.2. The molecule has 0 fully saturated rings. The highest BCUT2D eigenvalue weighted by Gasteiger charge is 2.39. The topological polar surface area (TPSA) is 77.8 Å². The number of rotatable bonds is 4. The normalized spacial score (nSPS) is 15.2. The molecule has 0 amide bonds. The number of anilines is 1. The van der Waals surface area contributed by atoms with E-state index in [4.69, 9.17) is 23.2 Å². The van der Waals surface area contributed by atoms with E-state index in [2.05, 4.69) is 0 Å². The molecule has 0 saturated heterocycles. The Labute approximate surface area is 172 Å². The van der Waals surface area contributed by atoms with Crippen molar-refractivity contribution < 1.29 is 19.8 Å². The number of hydrogen-bond acceptors (Lipinski definition) is 3. The average Bonchev–Trinajstić information content (AvgIpc) is 2.62. The summed E-state index contributed by atoms with van der Waals surface area (Å²) in [4.78, 5) is 26.0. The zero-order chi connectivity index (χ0) is 20.6. The Bertz CT molecular complexity index is 970. The molecule has 144 valence electrons. The molecule has 0 saturated carbocycles. The second-order valence-corrected chi connectivity index (χ2v) is 7.28. The van der Waals surface area contributed by atoms with Gasteiger partial charge in [-0.1, -0.05) is 35.3 Å². The minimum atomic E-state index is -1.18. The monoisotopic (exact) mass is 417 g/mol. The van der Waals surface area contributed by atoms with Crippen molar-refractivity contribution in [2.75, 3.05) is 4.90 Å². The van der Waals surface area contributed by atoms with Gasteiger partial charge in [0.05, 0.1) is 17.1 Å². The Balaban J connectivity index is 2.28. The zero-order valence-electron chi connectivity index (χ0n) is 15.1. The summed E-state index contributed by atoms with van der Waals surface area (Å²) >= 11 is 11.9. The molecule has 1 aliphatic rings. The minimum absolute atomic E-state index is 0.000252. The highest BCUT2D eigenvalue weighted by Crippen LogP contribution is 2.44. The van der Waals surface area contributed by atoms with Crippen LogP contribution in [0.2, 0.25) is 10.0 Å². The maximum atomic E-state index is 12.2. The lowest BCUT2D eigenvalue weighted by atomic mass is 9.79. The summed E-state index contributed by atoms with van der Waals surface area (Å²) in [6.45, 7) is 3.34. The molecule has 1 aliphatic heterocycles. The first-order chi connectivity index (χ1) is 13.2. The summed E-state index contributed by atoms with van der Waals surface area (Å²) in [6, 6.07) is 13.3. The third-order valence-corrected chi connectivity index (χ3v) is 5.28. The lowest BCUT2D eigenvalue weighted by molar-refractivity contribution is -0.133. The summed E-state index contributed by atoms with van der Waals surface area (Å²) in [5.74, 6) is -3.28. The highest BCUT2D eigenvalue weighted by molar-refractivity contribution is 6.30. The molecule has 2 N–H and O–H groups in total. The van der Waals surface area contributed by atoms with E-state index in [-0.39, 0.29) is 11.1 Å². The Kier molecular flexibility index (Phi) is 5.49. The smallest absolute Gasteiger partial charge is 0.334 e. The number of hydrogen-bond donors (Lipinski definition) is 2. The van der Waals surface area contributed by atoms with Crippen LogP contribution in [-0.2, 0) is 9.59 Å². The summed E-state index contributed by atoms with van der Waals surface area (Å²) in [7, 11) is 0. The van der Waals surface area contributed by atoms with E-state index in [1.807, 2.05) is 0 Å². The lowest BCUT2D eigenvalue weighted by Crippen LogP contribution is -2.34. The molecule has 2 aromatic carbocycles. The number of carboxylic acids is 2. The second-order valence-electron chi connectivity index (χ2n) is 6.40. The van der Waals surface area contributed by atoms with Crippen LogP contribution in [0.1, 0.15) is 25.3 Å². The van der Waals surface area contributed by atoms with E-state index in [9.17, 15) is 19.8 Å². The van der Waals surface area contributed by atoms with E-state index >= 15 is 0 Å². The van der Waals surface area contributed by atoms with Gasteiger partial charge in [-0.25, -0.2) is 9.59 Å². The first-order valence-electron chi connectivity index (χ1n) is 8.41. The molecule has 5 nitrogen and oxygen atoms in total. The third-order valence-electron chi connectivity index (χ3n) is 4.78. The van der Waals surface area contributed by atoms with Crippen molar-refractivity contribution in [3.8, 4) is 0 Å². The van der Waals surface area contributed by atoms with Crippen molar-refractivity contribution in [3.63, 3.8) is 0 Å². The second kappa shape index (κ2) is 7.70. The van der Waals surface area contributed by atoms with Crippen LogP contribution < -0.4 is 4.90 Å². The predicted octanol–water partition coefficient (Wildman–Crippen LogP) is 5.31. The number of benzene rings is 2. The molecule has 28 heavy (non-hydrogen) atoms. The lowest BCUT2D eigenvalue weighted by Gasteiger charge is -2.37. The van der Waals surface area contributed by atoms with Crippen molar-refractivity contribution in [3.05, 3.63) is 86.7 Å². The van der Waals surface area contributed by atoms with Crippen LogP contribution in [0.3, 0.4) is 0 Å². The van der Waals surface area contributed by atoms with Crippen molar-refractivity contribution in [2.45, 2.75) is 19.8 Å². The van der Waals surface area contributed by atoms with Gasteiger partial charge in [-0.2, -0.15) is 0 Å². The van der Waals surface area contributed by atoms with Crippen LogP contribution >= 0.6 is 23.2 Å². The van der Waals surface area contributed by atoms with Crippen molar-refractivity contribution in [2.24, 2.45) is 0 Å². The first kappa shape index (κ1) is 20.0. The molecule has 0 radical (unpaired) electrons. The van der Waals surface area contributed by atoms with Gasteiger partial charge < -0.3 is 15.1 Å². The number of carboxylic acid groups (broad SMARTS) is 2. The summed E-state index contributed by atoms with van der Waals surface area (Å²) in [6.07, 6.45) is 0. The summed E-state index contributed by atoms with van der Waals surface area (Å²) in [5, 5.41) is 20.9. The maximum Gasteiger partial charge on any atom is 0.334 e. The van der Waals surface area contributed by atoms with Crippen molar-refractivity contribution >= 4 is 40.8 Å². The SMILES string of the molecule is CC1=C(C(=O)O)C(c2ccc(Cl)cc2)C(C(=O)O)=C(C)N1c1ccc(Cl)cc1. The van der Waals surface area contributed by atoms with Gasteiger partial charge in [0.15, 0.2) is 0 Å². The van der Waals surface area contributed by atoms with Crippen LogP contribution in [-0.4, -0.2) is 22.2 Å². The van der Waals surface area contributed by atoms with E-state index in [0.717, 1.165) is 0 Å². The van der Waals surface area contributed by atoms with Gasteiger partial charge in [0.25, 0.3) is 0 Å². The summed E-state index contributed by atoms with van der Waals surface area (Å²) in [5.41, 5.74) is 2.07. The fraction of sp³-hybridized carbons (Fsp3) is 0.143. The Morgan fingerprint density at radius 1 is 0.786 bits per heavy atom. The molecule has 0 unspecified atom stereocenters. The van der Waals surface area contributed by atoms with Gasteiger partial charge >= 0.3 is 11.9 Å². The van der Waals surface area contributed by atoms with E-state index < -0.39 is 17.9 Å². The number of nitrogens with zero attached hydrogens (tertiary/aromatic N) is 1. The van der Waals surface area contributed by atoms with Gasteiger partial charge in [0.2, 0.25) is 0 Å². The van der Waals surface area contributed by atoms with E-state index in [1.165, 1.54) is 0 Å². The molecule has 3 rings (SSSR count). The van der Waals surface area contributed by atoms with Gasteiger partial charge in [0, 0.05) is 27.1 Å². The fourth-order valence-electron chi connectivity index (χ4n) is 3.58. The molecule has 0 spiro atoms. The predicted molar refractivity (Wildman–Crippen MR) is 109 cm³/mol. The van der Waals surface area contributed by atoms with Crippen LogP contribution in [0.5, 0.6) is 0 Å². The van der Waals surface area contributed by atoms with Crippen LogP contribution in [0.4, 0.5) is 5.69 Å². The van der Waals surface area contributed by atoms with Gasteiger partial charge in [0.1, 0.15) is 0 Å². The quantitative estimate of drug-likeness (QED) is 0.703. The summed E-state index contributed by atoms with van der Waals surface area (Å²) < 4.78 is 0. The third kappa shape index (κ3) is 3.51. The molecule has 0 aliphatic carbocycles. The number of aliphatic carboxylic acids is 2. The molecule has 7 heteroatoms. The molecule has 0 atom stereocenters. The van der Waals surface area contributed by atoms with Gasteiger partial charge in [-0.05, 0) is 55.8 Å². The molecule has 2 aromatic rings. The van der Waals surface area contributed by atoms with E-state index in [0.29, 0.717) is 32.7 Å². The number of carbonyl (C=O) groups is 2. The molecule has 0 aromatic heterocycles. The van der Waals surface area contributed by atoms with Crippen LogP contribution in [0.15, 0.2) is 71.1 Å². The molecular weight excluding hydrogens is 401 g/mol. The molecule has 0 bridgehead atoms. The number of allylic oxidation sites excluding steroid dienone is 2. The standard InChI is InChI=1S/C21H17Cl2NO4/c1-11-17(20(25)26)19(13-3-5-14(22)6-4-13)18(21(27)28)12(2)24(11)16-9-7-15(23)8-10-16/h3-10,19H,1-2H3,(H,25,26)(H,27,28). The molecular formula is C21H17Cl2NO4. The Morgan fingerprint density at radius 3 is 1.57 bits per heavy atom. The number of halogens is 2. The fourth-order valence-corrected chi connectivity index (χ4v) is 3.83. The van der Waals surface area contributed by atoms with Gasteiger partial charge in [-0.3, -0.25) is 0 Å². The van der Waals surface area contributed by atoms with Gasteiger partial charge in [-0.15, -0.1) is 0 Å². The van der Waals surface area contributed by atoms with E-state index in [1.54, 1.807) is 67.3 Å². The van der Waals surface area contributed by atoms with Crippen LogP contribution in [0.25, 0.3) is 0 Å². The highest BCUT2D eigenvalue weighted by atomic mass is 35.5. The first-order valence-corrected chi connectivity index (χ1v) is 9.17. The Morgan fingerprint density at radius 2 is 1.18 bits per heavy atom. The minimum Gasteiger partial charge on any atom is -0.478 e. The zero-order valence-corrected chi connectivity index (χ0v) is 16.6. The van der Waals surface area contributed by atoms with Crippen molar-refractivity contribution in [1.29, 1.82) is 0 Å². The largest absolute Gasteiger partial charge is 0.478 e. The van der Waals surface area contributed by atoms with Crippen LogP contribution in [0, 0.1) is 0 Å². The van der Waals surface area contributed by atoms with Crippen molar-refractivity contribution in [1.82, 2.24) is 0 Å². The Hall–Kier alpha value is -2.76.